The summed E-state index contributed by atoms with van der Waals surface area (Å²) in [5.74, 6) is 0.236. The lowest BCUT2D eigenvalue weighted by Crippen LogP contribution is -2.35. The van der Waals surface area contributed by atoms with Gasteiger partial charge in [-0.15, -0.1) is 0 Å². The number of hydrogen-bond acceptors (Lipinski definition) is 3. The Labute approximate surface area is 141 Å². The van der Waals surface area contributed by atoms with E-state index in [-0.39, 0.29) is 11.6 Å². The lowest BCUT2D eigenvalue weighted by molar-refractivity contribution is -0.884. The maximum Gasteiger partial charge on any atom is 0.250 e. The fourth-order valence-corrected chi connectivity index (χ4v) is 1.68. The number of nitrogens with zero attached hydrogens (tertiary/aromatic N) is 4. The summed E-state index contributed by atoms with van der Waals surface area (Å²) in [6, 6.07) is 0. The van der Waals surface area contributed by atoms with Crippen LogP contribution in [0.15, 0.2) is 0 Å². The summed E-state index contributed by atoms with van der Waals surface area (Å²) in [5.41, 5.74) is 0. The molecule has 0 aliphatic heterocycles. The molecule has 1 aromatic rings. The molecule has 1 rings (SSSR count). The van der Waals surface area contributed by atoms with Gasteiger partial charge < -0.3 is 4.48 Å². The fraction of sp³-hybridized carbons (Fsp3) is 0.667. The molecule has 0 saturated carbocycles. The summed E-state index contributed by atoms with van der Waals surface area (Å²) in [4.78, 5) is 12.1. The van der Waals surface area contributed by atoms with Gasteiger partial charge in [-0.2, -0.15) is 0 Å². The first-order valence-corrected chi connectivity index (χ1v) is 7.25. The van der Waals surface area contributed by atoms with E-state index in [0.29, 0.717) is 16.9 Å². The van der Waals surface area contributed by atoms with Gasteiger partial charge in [0.1, 0.15) is 6.54 Å². The van der Waals surface area contributed by atoms with Crippen molar-refractivity contribution in [3.8, 4) is 0 Å². The van der Waals surface area contributed by atoms with Crippen LogP contribution in [0.1, 0.15) is 17.5 Å². The molecule has 1 aromatic heterocycles. The summed E-state index contributed by atoms with van der Waals surface area (Å²) < 4.78 is -3.07. The highest BCUT2D eigenvalue weighted by Crippen LogP contribution is 2.39. The second-order valence-corrected chi connectivity index (χ2v) is 9.41. The van der Waals surface area contributed by atoms with Crippen LogP contribution in [-0.4, -0.2) is 40.6 Å². The number of alkyl halides is 6. The van der Waals surface area contributed by atoms with E-state index in [2.05, 4.69) is 15.0 Å². The van der Waals surface area contributed by atoms with Crippen molar-refractivity contribution in [3.05, 3.63) is 17.5 Å². The van der Waals surface area contributed by atoms with Crippen molar-refractivity contribution in [2.45, 2.75) is 14.1 Å². The molecule has 0 fully saturated rings. The van der Waals surface area contributed by atoms with E-state index >= 15 is 0 Å². The number of hydrogen-bond donors (Lipinski definition) is 0. The van der Waals surface area contributed by atoms with Gasteiger partial charge in [0.15, 0.2) is 17.5 Å². The van der Waals surface area contributed by atoms with Gasteiger partial charge in [0, 0.05) is 0 Å². The minimum Gasteiger partial charge on any atom is -0.325 e. The average Bonchev–Trinajstić information content (AvgIpc) is 2.11. The minimum absolute atomic E-state index is 0.0720. The average molecular weight is 388 g/mol. The first-order chi connectivity index (χ1) is 8.29. The van der Waals surface area contributed by atoms with Gasteiger partial charge in [-0.25, -0.2) is 15.0 Å². The Bertz CT molecular complexity index is 427. The molecule has 4 nitrogen and oxygen atoms in total. The molecule has 0 aliphatic carbocycles. The van der Waals surface area contributed by atoms with Crippen LogP contribution in [0.25, 0.3) is 0 Å². The molecule has 0 radical (unpaired) electrons. The quantitative estimate of drug-likeness (QED) is 0.573. The van der Waals surface area contributed by atoms with E-state index in [1.165, 1.54) is 0 Å². The Kier molecular flexibility index (Phi) is 5.46. The zero-order valence-electron chi connectivity index (χ0n) is 10.3. The standard InChI is InChI=1S/C9H11Cl6N4/c1-19(2,3)4-5-16-6(8(10,11)12)18-7(17-5)9(13,14)15/h4H2,1-3H3/q+1. The van der Waals surface area contributed by atoms with Gasteiger partial charge in [0.25, 0.3) is 0 Å². The third-order valence-electron chi connectivity index (χ3n) is 1.80. The summed E-state index contributed by atoms with van der Waals surface area (Å²) in [5, 5.41) is 0. The van der Waals surface area contributed by atoms with Crippen molar-refractivity contribution in [2.75, 3.05) is 21.1 Å². The topological polar surface area (TPSA) is 38.7 Å². The van der Waals surface area contributed by atoms with Crippen molar-refractivity contribution in [3.63, 3.8) is 0 Å². The zero-order chi connectivity index (χ0) is 15.1. The lowest BCUT2D eigenvalue weighted by Gasteiger charge is -2.24. The molecule has 0 bridgehead atoms. The Balaban J connectivity index is 3.33. The Morgan fingerprint density at radius 2 is 1.16 bits per heavy atom. The highest BCUT2D eigenvalue weighted by Gasteiger charge is 2.34. The van der Waals surface area contributed by atoms with E-state index in [0.717, 1.165) is 0 Å². The first-order valence-electron chi connectivity index (χ1n) is 4.99. The maximum absolute atomic E-state index is 5.77. The van der Waals surface area contributed by atoms with Crippen molar-refractivity contribution >= 4 is 69.6 Å². The van der Waals surface area contributed by atoms with Gasteiger partial charge in [-0.05, 0) is 0 Å². The van der Waals surface area contributed by atoms with Crippen LogP contribution in [0.2, 0.25) is 0 Å². The number of rotatable bonds is 2. The molecular weight excluding hydrogens is 377 g/mol. The monoisotopic (exact) mass is 385 g/mol. The Morgan fingerprint density at radius 1 is 0.789 bits per heavy atom. The molecule has 0 atom stereocenters. The molecule has 0 spiro atoms. The van der Waals surface area contributed by atoms with Crippen LogP contribution in [0, 0.1) is 0 Å². The van der Waals surface area contributed by atoms with E-state index in [4.69, 9.17) is 69.6 Å². The van der Waals surface area contributed by atoms with E-state index in [1.807, 2.05) is 21.1 Å². The van der Waals surface area contributed by atoms with Gasteiger partial charge in [-0.1, -0.05) is 69.6 Å². The molecule has 0 unspecified atom stereocenters. The highest BCUT2D eigenvalue weighted by molar-refractivity contribution is 6.67. The number of halogens is 6. The summed E-state index contributed by atoms with van der Waals surface area (Å²) in [6.45, 7) is 0.462. The Morgan fingerprint density at radius 3 is 1.42 bits per heavy atom. The van der Waals surface area contributed by atoms with Crippen LogP contribution in [0.3, 0.4) is 0 Å². The maximum atomic E-state index is 5.77. The molecule has 1 heterocycles. The third kappa shape index (κ3) is 5.92. The smallest absolute Gasteiger partial charge is 0.250 e. The molecule has 0 aromatic carbocycles. The SMILES string of the molecule is C[N+](C)(C)Cc1nc(C(Cl)(Cl)Cl)nc(C(Cl)(Cl)Cl)n1. The van der Waals surface area contributed by atoms with Crippen molar-refractivity contribution in [1.29, 1.82) is 0 Å². The van der Waals surface area contributed by atoms with Gasteiger partial charge >= 0.3 is 0 Å². The van der Waals surface area contributed by atoms with Crippen molar-refractivity contribution < 1.29 is 4.48 Å². The fourth-order valence-electron chi connectivity index (χ4n) is 1.17. The van der Waals surface area contributed by atoms with Gasteiger partial charge in [-0.3, -0.25) is 0 Å². The van der Waals surface area contributed by atoms with Crippen molar-refractivity contribution in [2.24, 2.45) is 0 Å². The van der Waals surface area contributed by atoms with E-state index in [9.17, 15) is 0 Å². The summed E-state index contributed by atoms with van der Waals surface area (Å²) in [6.07, 6.45) is 0. The normalized spacial score (nSPS) is 13.7. The summed E-state index contributed by atoms with van der Waals surface area (Å²) in [7, 11) is 5.86. The van der Waals surface area contributed by atoms with Crippen LogP contribution in [0.5, 0.6) is 0 Å². The second kappa shape index (κ2) is 5.84. The van der Waals surface area contributed by atoms with Gasteiger partial charge in [0.2, 0.25) is 7.59 Å². The van der Waals surface area contributed by atoms with Crippen LogP contribution < -0.4 is 0 Å². The molecule has 108 valence electrons. The predicted molar refractivity (Wildman–Crippen MR) is 80.0 cm³/mol. The predicted octanol–water partition coefficient (Wildman–Crippen LogP) is 3.73. The number of quaternary nitrogens is 1. The molecule has 19 heavy (non-hydrogen) atoms. The highest BCUT2D eigenvalue weighted by atomic mass is 35.6. The zero-order valence-corrected chi connectivity index (χ0v) is 14.8. The Hall–Kier alpha value is 0.710. The molecule has 10 heteroatoms. The van der Waals surface area contributed by atoms with Crippen LogP contribution >= 0.6 is 69.6 Å². The van der Waals surface area contributed by atoms with E-state index < -0.39 is 7.59 Å². The van der Waals surface area contributed by atoms with Crippen LogP contribution in [0.4, 0.5) is 0 Å². The number of aromatic nitrogens is 3. The van der Waals surface area contributed by atoms with Gasteiger partial charge in [0.05, 0.1) is 21.1 Å². The summed E-state index contributed by atoms with van der Waals surface area (Å²) >= 11 is 34.6. The van der Waals surface area contributed by atoms with Crippen LogP contribution in [-0.2, 0) is 14.1 Å². The third-order valence-corrected chi connectivity index (χ3v) is 2.82. The molecular formula is C9H11Cl6N4+. The molecule has 0 aliphatic rings. The first kappa shape index (κ1) is 17.8. The molecule has 0 saturated heterocycles. The minimum atomic E-state index is -1.81. The van der Waals surface area contributed by atoms with E-state index in [1.54, 1.807) is 0 Å². The molecule has 0 amide bonds. The van der Waals surface area contributed by atoms with Crippen molar-refractivity contribution in [1.82, 2.24) is 15.0 Å². The second-order valence-electron chi connectivity index (χ2n) is 4.84. The lowest BCUT2D eigenvalue weighted by atomic mass is 10.4. The molecule has 0 N–H and O–H groups in total. The largest absolute Gasteiger partial charge is 0.325 e.